The predicted molar refractivity (Wildman–Crippen MR) is 122 cm³/mol. The maximum Gasteiger partial charge on any atom is -0.00204 e. The third-order valence-electron chi connectivity index (χ3n) is 5.23. The van der Waals surface area contributed by atoms with E-state index < -0.39 is 0 Å². The van der Waals surface area contributed by atoms with E-state index in [2.05, 4.69) is 93.9 Å². The van der Waals surface area contributed by atoms with Crippen LogP contribution in [0.4, 0.5) is 0 Å². The van der Waals surface area contributed by atoms with Crippen molar-refractivity contribution in [2.75, 3.05) is 19.5 Å². The maximum atomic E-state index is 2.41. The Morgan fingerprint density at radius 2 is 1.22 bits per heavy atom. The van der Waals surface area contributed by atoms with Crippen LogP contribution in [0.15, 0.2) is 66.7 Å². The van der Waals surface area contributed by atoms with Crippen LogP contribution in [-0.2, 0) is 19.3 Å². The first-order valence-electron chi connectivity index (χ1n) is 9.87. The summed E-state index contributed by atoms with van der Waals surface area (Å²) >= 11 is 0. The summed E-state index contributed by atoms with van der Waals surface area (Å²) in [7, 11) is 0.184. The van der Waals surface area contributed by atoms with Crippen molar-refractivity contribution in [2.45, 2.75) is 33.1 Å². The predicted octanol–water partition coefficient (Wildman–Crippen LogP) is 6.77. The molecule has 0 heterocycles. The van der Waals surface area contributed by atoms with E-state index in [1.165, 1.54) is 51.5 Å². The quantitative estimate of drug-likeness (QED) is 0.400. The van der Waals surface area contributed by atoms with Gasteiger partial charge in [0.15, 0.2) is 0 Å². The zero-order chi connectivity index (χ0) is 19.2. The molecule has 0 saturated carbocycles. The van der Waals surface area contributed by atoms with Gasteiger partial charge in [-0.25, -0.2) is 0 Å². The van der Waals surface area contributed by atoms with Gasteiger partial charge in [-0.1, -0.05) is 66.7 Å². The van der Waals surface area contributed by atoms with Gasteiger partial charge >= 0.3 is 0 Å². The molecule has 0 bridgehead atoms. The summed E-state index contributed by atoms with van der Waals surface area (Å²) in [5.41, 5.74) is 10.1. The highest BCUT2D eigenvalue weighted by atomic mass is 31.1. The molecule has 0 aromatic heterocycles. The maximum absolute atomic E-state index is 2.41. The van der Waals surface area contributed by atoms with Crippen molar-refractivity contribution in [1.82, 2.24) is 0 Å². The Morgan fingerprint density at radius 1 is 0.630 bits per heavy atom. The van der Waals surface area contributed by atoms with Crippen LogP contribution in [0.2, 0.25) is 0 Å². The molecule has 0 aliphatic heterocycles. The van der Waals surface area contributed by atoms with Gasteiger partial charge in [-0.15, -0.1) is 7.92 Å². The summed E-state index contributed by atoms with van der Waals surface area (Å²) in [6, 6.07) is 24.6. The fraction of sp³-hybridized carbons (Fsp3) is 0.308. The molecule has 1 heteroatoms. The minimum atomic E-state index is 0.184. The Hall–Kier alpha value is -1.91. The van der Waals surface area contributed by atoms with Crippen LogP contribution in [-0.4, -0.2) is 19.5 Å². The van der Waals surface area contributed by atoms with E-state index in [1.807, 2.05) is 0 Å². The third-order valence-corrected chi connectivity index (χ3v) is 6.34. The molecule has 3 rings (SSSR count). The molecule has 0 spiro atoms. The summed E-state index contributed by atoms with van der Waals surface area (Å²) in [5, 5.41) is 0. The lowest BCUT2D eigenvalue weighted by Gasteiger charge is -2.14. The van der Waals surface area contributed by atoms with Gasteiger partial charge in [-0.3, -0.25) is 0 Å². The van der Waals surface area contributed by atoms with Gasteiger partial charge in [0.1, 0.15) is 0 Å². The summed E-state index contributed by atoms with van der Waals surface area (Å²) < 4.78 is 0. The van der Waals surface area contributed by atoms with Crippen molar-refractivity contribution in [3.8, 4) is 0 Å². The van der Waals surface area contributed by atoms with Crippen molar-refractivity contribution in [3.63, 3.8) is 0 Å². The smallest absolute Gasteiger partial charge is 0.00204 e. The molecule has 0 aliphatic carbocycles. The van der Waals surface area contributed by atoms with Crippen LogP contribution < -0.4 is 0 Å². The summed E-state index contributed by atoms with van der Waals surface area (Å²) in [6.45, 7) is 9.29. The molecule has 0 atom stereocenters. The van der Waals surface area contributed by atoms with Crippen LogP contribution in [0.25, 0.3) is 0 Å². The number of hydrogen-bond acceptors (Lipinski definition) is 0. The Labute approximate surface area is 166 Å². The fourth-order valence-electron chi connectivity index (χ4n) is 3.74. The van der Waals surface area contributed by atoms with Gasteiger partial charge in [-0.2, -0.15) is 0 Å². The summed E-state index contributed by atoms with van der Waals surface area (Å²) in [4.78, 5) is 0. The van der Waals surface area contributed by atoms with Gasteiger partial charge < -0.3 is 0 Å². The molecule has 0 unspecified atom stereocenters. The number of rotatable bonds is 7. The summed E-state index contributed by atoms with van der Waals surface area (Å²) in [5.74, 6) is 0. The molecule has 0 nitrogen and oxygen atoms in total. The van der Waals surface area contributed by atoms with Crippen molar-refractivity contribution in [1.29, 1.82) is 0 Å². The second-order valence-electron chi connectivity index (χ2n) is 7.92. The Balaban J connectivity index is 1.76. The van der Waals surface area contributed by atoms with Crippen LogP contribution in [0.5, 0.6) is 0 Å². The van der Waals surface area contributed by atoms with Crippen molar-refractivity contribution < 1.29 is 0 Å². The van der Waals surface area contributed by atoms with Gasteiger partial charge in [-0.05, 0) is 91.5 Å². The average Bonchev–Trinajstić information content (AvgIpc) is 2.64. The Morgan fingerprint density at radius 3 is 1.85 bits per heavy atom. The zero-order valence-corrected chi connectivity index (χ0v) is 18.0. The van der Waals surface area contributed by atoms with Gasteiger partial charge in [0.05, 0.1) is 0 Å². The first-order valence-corrected chi connectivity index (χ1v) is 12.3. The molecule has 3 aromatic rings. The van der Waals surface area contributed by atoms with E-state index in [4.69, 9.17) is 0 Å². The topological polar surface area (TPSA) is 0 Å². The second-order valence-corrected chi connectivity index (χ2v) is 10.5. The lowest BCUT2D eigenvalue weighted by Crippen LogP contribution is -2.00. The van der Waals surface area contributed by atoms with Crippen molar-refractivity contribution in [2.24, 2.45) is 0 Å². The Kier molecular flexibility index (Phi) is 6.86. The van der Waals surface area contributed by atoms with Gasteiger partial charge in [0, 0.05) is 0 Å². The number of benzene rings is 3. The average molecular weight is 375 g/mol. The molecule has 0 amide bonds. The molecule has 0 saturated heterocycles. The van der Waals surface area contributed by atoms with Crippen LogP contribution in [0, 0.1) is 13.8 Å². The van der Waals surface area contributed by atoms with E-state index in [0.717, 1.165) is 12.8 Å². The normalized spacial score (nSPS) is 11.1. The van der Waals surface area contributed by atoms with Gasteiger partial charge in [0.2, 0.25) is 0 Å². The SMILES string of the molecule is Cc1cc(CCP(C)C)cc(C)c1Cc1cccc(Cc2ccccc2)c1. The molecule has 0 radical (unpaired) electrons. The second kappa shape index (κ2) is 9.34. The molecule has 0 N–H and O–H groups in total. The molecular formula is C26H31P. The highest BCUT2D eigenvalue weighted by molar-refractivity contribution is 7.55. The number of aryl methyl sites for hydroxylation is 3. The summed E-state index contributed by atoms with van der Waals surface area (Å²) in [6.07, 6.45) is 4.57. The molecular weight excluding hydrogens is 343 g/mol. The highest BCUT2D eigenvalue weighted by Crippen LogP contribution is 2.27. The largest absolute Gasteiger partial charge is 0.113 e. The van der Waals surface area contributed by atoms with Crippen molar-refractivity contribution in [3.05, 3.63) is 106 Å². The molecule has 27 heavy (non-hydrogen) atoms. The van der Waals surface area contributed by atoms with Crippen LogP contribution >= 0.6 is 7.92 Å². The third kappa shape index (κ3) is 5.78. The molecule has 140 valence electrons. The zero-order valence-electron chi connectivity index (χ0n) is 17.1. The van der Waals surface area contributed by atoms with E-state index in [-0.39, 0.29) is 7.92 Å². The van der Waals surface area contributed by atoms with E-state index in [9.17, 15) is 0 Å². The number of hydrogen-bond donors (Lipinski definition) is 0. The fourth-order valence-corrected chi connectivity index (χ4v) is 4.45. The van der Waals surface area contributed by atoms with Crippen LogP contribution in [0.3, 0.4) is 0 Å². The van der Waals surface area contributed by atoms with Crippen molar-refractivity contribution >= 4 is 7.92 Å². The van der Waals surface area contributed by atoms with E-state index in [1.54, 1.807) is 0 Å². The first kappa shape index (κ1) is 19.8. The monoisotopic (exact) mass is 374 g/mol. The lowest BCUT2D eigenvalue weighted by atomic mass is 9.92. The molecule has 3 aromatic carbocycles. The van der Waals surface area contributed by atoms with E-state index in [0.29, 0.717) is 0 Å². The standard InChI is InChI=1S/C26H31P/c1-20-15-25(13-14-27(3)4)16-21(2)26(20)19-24-12-8-11-23(18-24)17-22-9-6-5-7-10-22/h5-12,15-16,18H,13-14,17,19H2,1-4H3. The molecule has 0 aliphatic rings. The molecule has 0 fully saturated rings. The van der Waals surface area contributed by atoms with E-state index >= 15 is 0 Å². The van der Waals surface area contributed by atoms with Gasteiger partial charge in [0.25, 0.3) is 0 Å². The first-order chi connectivity index (χ1) is 13.0. The minimum Gasteiger partial charge on any atom is -0.113 e. The lowest BCUT2D eigenvalue weighted by molar-refractivity contribution is 1.07. The minimum absolute atomic E-state index is 0.184. The van der Waals surface area contributed by atoms with Crippen LogP contribution in [0.1, 0.15) is 38.9 Å². The highest BCUT2D eigenvalue weighted by Gasteiger charge is 2.08. The Bertz CT molecular complexity index is 855.